The van der Waals surface area contributed by atoms with Crippen LogP contribution in [0.25, 0.3) is 0 Å². The van der Waals surface area contributed by atoms with Crippen molar-refractivity contribution in [3.05, 3.63) is 17.4 Å². The largest absolute Gasteiger partial charge is 0.505 e. The van der Waals surface area contributed by atoms with Crippen LogP contribution in [0, 0.1) is 5.82 Å². The van der Waals surface area contributed by atoms with Gasteiger partial charge < -0.3 is 19.7 Å². The molecule has 0 atom stereocenters. The molecule has 0 aromatic heterocycles. The summed E-state index contributed by atoms with van der Waals surface area (Å²) in [6, 6.07) is 1.14. The lowest BCUT2D eigenvalue weighted by atomic mass is 9.80. The molecule has 1 aromatic rings. The fourth-order valence-electron chi connectivity index (χ4n) is 2.22. The SMILES string of the molecule is CC(C)(CC(=O)O)c1c(F)c(O)cc2c1OCCO2. The Morgan fingerprint density at radius 2 is 2.05 bits per heavy atom. The average Bonchev–Trinajstić information content (AvgIpc) is 2.28. The Kier molecular flexibility index (Phi) is 3.26. The molecule has 0 fully saturated rings. The molecule has 5 nitrogen and oxygen atoms in total. The van der Waals surface area contributed by atoms with E-state index < -0.39 is 23.0 Å². The zero-order valence-corrected chi connectivity index (χ0v) is 10.7. The molecular weight excluding hydrogens is 255 g/mol. The summed E-state index contributed by atoms with van der Waals surface area (Å²) in [5.74, 6) is -2.09. The number of benzene rings is 1. The maximum absolute atomic E-state index is 14.2. The van der Waals surface area contributed by atoms with Gasteiger partial charge in [-0.15, -0.1) is 0 Å². The second kappa shape index (κ2) is 4.60. The van der Waals surface area contributed by atoms with Crippen LogP contribution in [0.1, 0.15) is 25.8 Å². The zero-order valence-electron chi connectivity index (χ0n) is 10.7. The zero-order chi connectivity index (χ0) is 14.2. The molecular formula is C13H15FO5. The molecule has 2 N–H and O–H groups in total. The van der Waals surface area contributed by atoms with Crippen LogP contribution in [0.4, 0.5) is 4.39 Å². The smallest absolute Gasteiger partial charge is 0.304 e. The van der Waals surface area contributed by atoms with Gasteiger partial charge in [-0.3, -0.25) is 4.79 Å². The maximum atomic E-state index is 14.2. The number of carboxylic acids is 1. The first-order valence-electron chi connectivity index (χ1n) is 5.86. The highest BCUT2D eigenvalue weighted by atomic mass is 19.1. The van der Waals surface area contributed by atoms with Gasteiger partial charge in [0, 0.05) is 17.0 Å². The van der Waals surface area contributed by atoms with Crippen LogP contribution in [-0.2, 0) is 10.2 Å². The van der Waals surface area contributed by atoms with Crippen molar-refractivity contribution in [2.75, 3.05) is 13.2 Å². The van der Waals surface area contributed by atoms with Crippen LogP contribution >= 0.6 is 0 Å². The van der Waals surface area contributed by atoms with Gasteiger partial charge in [0.1, 0.15) is 13.2 Å². The number of rotatable bonds is 3. The molecule has 104 valence electrons. The molecule has 0 saturated carbocycles. The fraction of sp³-hybridized carbons (Fsp3) is 0.462. The van der Waals surface area contributed by atoms with E-state index in [-0.39, 0.29) is 30.1 Å². The van der Waals surface area contributed by atoms with E-state index in [9.17, 15) is 14.3 Å². The van der Waals surface area contributed by atoms with Gasteiger partial charge in [0.2, 0.25) is 0 Å². The Balaban J connectivity index is 2.60. The number of phenols is 1. The Bertz CT molecular complexity index is 524. The summed E-state index contributed by atoms with van der Waals surface area (Å²) in [5, 5.41) is 18.5. The third kappa shape index (κ3) is 2.43. The lowest BCUT2D eigenvalue weighted by molar-refractivity contribution is -0.138. The molecule has 1 aliphatic rings. The summed E-state index contributed by atoms with van der Waals surface area (Å²) < 4.78 is 24.8. The van der Waals surface area contributed by atoms with Crippen molar-refractivity contribution in [3.63, 3.8) is 0 Å². The normalized spacial score (nSPS) is 14.3. The predicted molar refractivity (Wildman–Crippen MR) is 64.3 cm³/mol. The van der Waals surface area contributed by atoms with Gasteiger partial charge in [0.05, 0.1) is 6.42 Å². The topological polar surface area (TPSA) is 76.0 Å². The second-order valence-electron chi connectivity index (χ2n) is 5.06. The van der Waals surface area contributed by atoms with Gasteiger partial charge in [-0.2, -0.15) is 0 Å². The molecule has 0 unspecified atom stereocenters. The van der Waals surface area contributed by atoms with Gasteiger partial charge in [-0.25, -0.2) is 4.39 Å². The minimum Gasteiger partial charge on any atom is -0.505 e. The van der Waals surface area contributed by atoms with Gasteiger partial charge in [-0.1, -0.05) is 13.8 Å². The van der Waals surface area contributed by atoms with Crippen molar-refractivity contribution in [1.82, 2.24) is 0 Å². The third-order valence-corrected chi connectivity index (χ3v) is 3.02. The standard InChI is InChI=1S/C13H15FO5/c1-13(2,6-9(16)17)10-11(14)7(15)5-8-12(10)19-4-3-18-8/h5,15H,3-4,6H2,1-2H3,(H,16,17). The summed E-state index contributed by atoms with van der Waals surface area (Å²) in [4.78, 5) is 10.9. The van der Waals surface area contributed by atoms with E-state index in [4.69, 9.17) is 14.6 Å². The Hall–Kier alpha value is -1.98. The summed E-state index contributed by atoms with van der Waals surface area (Å²) in [5.41, 5.74) is -0.996. The number of carboxylic acid groups (broad SMARTS) is 1. The first kappa shape index (κ1) is 13.5. The number of phenolic OH excluding ortho intramolecular Hbond substituents is 1. The number of hydrogen-bond acceptors (Lipinski definition) is 4. The molecule has 2 rings (SSSR count). The van der Waals surface area contributed by atoms with Gasteiger partial charge in [0.15, 0.2) is 23.1 Å². The van der Waals surface area contributed by atoms with E-state index in [2.05, 4.69) is 0 Å². The Morgan fingerprint density at radius 1 is 1.42 bits per heavy atom. The van der Waals surface area contributed by atoms with Crippen molar-refractivity contribution in [3.8, 4) is 17.2 Å². The maximum Gasteiger partial charge on any atom is 0.304 e. The molecule has 1 aromatic carbocycles. The number of aliphatic carboxylic acids is 1. The van der Waals surface area contributed by atoms with Gasteiger partial charge in [-0.05, 0) is 0 Å². The quantitative estimate of drug-likeness (QED) is 0.879. The number of halogens is 1. The Morgan fingerprint density at radius 3 is 2.68 bits per heavy atom. The molecule has 1 aliphatic heterocycles. The van der Waals surface area contributed by atoms with Crippen molar-refractivity contribution in [2.24, 2.45) is 0 Å². The van der Waals surface area contributed by atoms with Gasteiger partial charge >= 0.3 is 5.97 Å². The van der Waals surface area contributed by atoms with E-state index in [0.29, 0.717) is 6.61 Å². The Labute approximate surface area is 109 Å². The monoisotopic (exact) mass is 270 g/mol. The number of aromatic hydroxyl groups is 1. The summed E-state index contributed by atoms with van der Waals surface area (Å²) in [6.07, 6.45) is -0.289. The van der Waals surface area contributed by atoms with E-state index in [1.54, 1.807) is 13.8 Å². The highest BCUT2D eigenvalue weighted by Crippen LogP contribution is 2.46. The molecule has 0 spiro atoms. The minimum atomic E-state index is -1.06. The highest BCUT2D eigenvalue weighted by molar-refractivity contribution is 5.70. The molecule has 19 heavy (non-hydrogen) atoms. The van der Waals surface area contributed by atoms with Crippen LogP contribution in [0.2, 0.25) is 0 Å². The summed E-state index contributed by atoms with van der Waals surface area (Å²) >= 11 is 0. The lowest BCUT2D eigenvalue weighted by Crippen LogP contribution is -2.26. The van der Waals surface area contributed by atoms with Crippen LogP contribution in [0.5, 0.6) is 17.2 Å². The lowest BCUT2D eigenvalue weighted by Gasteiger charge is -2.29. The van der Waals surface area contributed by atoms with Crippen molar-refractivity contribution < 1.29 is 28.9 Å². The van der Waals surface area contributed by atoms with E-state index in [0.717, 1.165) is 6.07 Å². The first-order valence-corrected chi connectivity index (χ1v) is 5.86. The third-order valence-electron chi connectivity index (χ3n) is 3.02. The van der Waals surface area contributed by atoms with Crippen LogP contribution in [0.3, 0.4) is 0 Å². The van der Waals surface area contributed by atoms with Crippen molar-refractivity contribution in [2.45, 2.75) is 25.7 Å². The van der Waals surface area contributed by atoms with Crippen LogP contribution in [0.15, 0.2) is 6.07 Å². The predicted octanol–water partition coefficient (Wildman–Crippen LogP) is 2.05. The second-order valence-corrected chi connectivity index (χ2v) is 5.06. The number of ether oxygens (including phenoxy) is 2. The fourth-order valence-corrected chi connectivity index (χ4v) is 2.22. The van der Waals surface area contributed by atoms with Crippen molar-refractivity contribution >= 4 is 5.97 Å². The molecule has 0 amide bonds. The molecule has 0 aliphatic carbocycles. The van der Waals surface area contributed by atoms with E-state index in [1.807, 2.05) is 0 Å². The average molecular weight is 270 g/mol. The minimum absolute atomic E-state index is 0.0320. The molecule has 0 saturated heterocycles. The summed E-state index contributed by atoms with van der Waals surface area (Å²) in [6.45, 7) is 3.72. The van der Waals surface area contributed by atoms with E-state index in [1.165, 1.54) is 0 Å². The van der Waals surface area contributed by atoms with Gasteiger partial charge in [0.25, 0.3) is 0 Å². The number of carbonyl (C=O) groups is 1. The van der Waals surface area contributed by atoms with E-state index >= 15 is 0 Å². The highest BCUT2D eigenvalue weighted by Gasteiger charge is 2.35. The van der Waals surface area contributed by atoms with Crippen molar-refractivity contribution in [1.29, 1.82) is 0 Å². The molecule has 1 heterocycles. The number of hydrogen-bond donors (Lipinski definition) is 2. The number of fused-ring (bicyclic) bond motifs is 1. The van der Waals surface area contributed by atoms with Crippen LogP contribution in [-0.4, -0.2) is 29.4 Å². The molecule has 0 radical (unpaired) electrons. The molecule has 0 bridgehead atoms. The molecule has 6 heteroatoms. The van der Waals surface area contributed by atoms with Crippen LogP contribution < -0.4 is 9.47 Å². The summed E-state index contributed by atoms with van der Waals surface area (Å²) in [7, 11) is 0. The first-order chi connectivity index (χ1) is 8.83.